The summed E-state index contributed by atoms with van der Waals surface area (Å²) in [6, 6.07) is 9.84. The van der Waals surface area contributed by atoms with Gasteiger partial charge in [0.25, 0.3) is 5.91 Å². The van der Waals surface area contributed by atoms with Crippen LogP contribution in [0.15, 0.2) is 30.3 Å². The van der Waals surface area contributed by atoms with Crippen LogP contribution in [-0.4, -0.2) is 45.4 Å². The zero-order valence-electron chi connectivity index (χ0n) is 11.5. The summed E-state index contributed by atoms with van der Waals surface area (Å²) in [6.07, 6.45) is -0.538. The molecule has 0 aromatic heterocycles. The van der Waals surface area contributed by atoms with Crippen molar-refractivity contribution in [2.75, 3.05) is 33.4 Å². The highest BCUT2D eigenvalue weighted by Crippen LogP contribution is 2.14. The molecule has 2 atom stereocenters. The first-order chi connectivity index (χ1) is 9.31. The van der Waals surface area contributed by atoms with Gasteiger partial charge in [-0.15, -0.1) is 12.4 Å². The van der Waals surface area contributed by atoms with Gasteiger partial charge < -0.3 is 20.1 Å². The van der Waals surface area contributed by atoms with Crippen molar-refractivity contribution in [3.63, 3.8) is 0 Å². The molecular weight excluding hydrogens is 280 g/mol. The van der Waals surface area contributed by atoms with Gasteiger partial charge in [-0.2, -0.15) is 0 Å². The summed E-state index contributed by atoms with van der Waals surface area (Å²) in [5, 5.41) is 6.00. The average molecular weight is 301 g/mol. The van der Waals surface area contributed by atoms with Crippen LogP contribution in [0.1, 0.15) is 11.7 Å². The lowest BCUT2D eigenvalue weighted by Gasteiger charge is -2.24. The molecule has 0 saturated carbocycles. The number of nitrogens with one attached hydrogen (secondary N) is 2. The van der Waals surface area contributed by atoms with Crippen LogP contribution in [0.2, 0.25) is 0 Å². The molecule has 20 heavy (non-hydrogen) atoms. The van der Waals surface area contributed by atoms with E-state index in [1.54, 1.807) is 7.11 Å². The lowest BCUT2D eigenvalue weighted by Crippen LogP contribution is -2.48. The third-order valence-electron chi connectivity index (χ3n) is 3.14. The highest BCUT2D eigenvalue weighted by molar-refractivity contribution is 5.85. The Labute approximate surface area is 125 Å². The second-order valence-electron chi connectivity index (χ2n) is 4.44. The molecule has 1 aliphatic rings. The Bertz CT molecular complexity index is 397. The summed E-state index contributed by atoms with van der Waals surface area (Å²) in [5.74, 6) is -0.0924. The quantitative estimate of drug-likeness (QED) is 0.848. The van der Waals surface area contributed by atoms with Crippen LogP contribution >= 0.6 is 12.4 Å². The fraction of sp³-hybridized carbons (Fsp3) is 0.500. The largest absolute Gasteiger partial charge is 0.375 e. The molecule has 2 N–H and O–H groups in total. The molecular formula is C14H21ClN2O3. The standard InChI is InChI=1S/C14H20N2O3.ClH/c1-18-12(11-5-3-2-4-6-11)10-16-14(17)13-9-15-7-8-19-13;/h2-6,12-13,15H,7-10H2,1H3,(H,16,17);1H. The number of ether oxygens (including phenoxy) is 2. The van der Waals surface area contributed by atoms with Crippen molar-refractivity contribution < 1.29 is 14.3 Å². The van der Waals surface area contributed by atoms with E-state index in [2.05, 4.69) is 10.6 Å². The molecule has 6 heteroatoms. The van der Waals surface area contributed by atoms with Crippen molar-refractivity contribution in [2.45, 2.75) is 12.2 Å². The topological polar surface area (TPSA) is 59.6 Å². The summed E-state index contributed by atoms with van der Waals surface area (Å²) in [5.41, 5.74) is 1.05. The van der Waals surface area contributed by atoms with Crippen molar-refractivity contribution in [3.05, 3.63) is 35.9 Å². The van der Waals surface area contributed by atoms with Gasteiger partial charge in [0.1, 0.15) is 6.10 Å². The number of morpholine rings is 1. The first kappa shape index (κ1) is 16.9. The van der Waals surface area contributed by atoms with Crippen molar-refractivity contribution >= 4 is 18.3 Å². The first-order valence-corrected chi connectivity index (χ1v) is 6.49. The molecule has 1 saturated heterocycles. The predicted molar refractivity (Wildman–Crippen MR) is 79.1 cm³/mol. The Hall–Kier alpha value is -1.14. The monoisotopic (exact) mass is 300 g/mol. The smallest absolute Gasteiger partial charge is 0.250 e. The number of methoxy groups -OCH3 is 1. The molecule has 2 unspecified atom stereocenters. The molecule has 112 valence electrons. The van der Waals surface area contributed by atoms with Gasteiger partial charge in [-0.1, -0.05) is 30.3 Å². The second-order valence-corrected chi connectivity index (χ2v) is 4.44. The molecule has 5 nitrogen and oxygen atoms in total. The molecule has 1 aliphatic heterocycles. The van der Waals surface area contributed by atoms with Crippen LogP contribution in [0.5, 0.6) is 0 Å². The van der Waals surface area contributed by atoms with Crippen LogP contribution in [-0.2, 0) is 14.3 Å². The van der Waals surface area contributed by atoms with Crippen molar-refractivity contribution in [3.8, 4) is 0 Å². The molecule has 0 aliphatic carbocycles. The summed E-state index contributed by atoms with van der Waals surface area (Å²) in [6.45, 7) is 2.38. The van der Waals surface area contributed by atoms with E-state index in [0.29, 0.717) is 19.7 Å². The maximum Gasteiger partial charge on any atom is 0.250 e. The number of amides is 1. The van der Waals surface area contributed by atoms with Gasteiger partial charge in [-0.25, -0.2) is 0 Å². The van der Waals surface area contributed by atoms with E-state index in [4.69, 9.17) is 9.47 Å². The summed E-state index contributed by atoms with van der Waals surface area (Å²) in [4.78, 5) is 11.9. The van der Waals surface area contributed by atoms with Gasteiger partial charge in [0, 0.05) is 26.7 Å². The predicted octanol–water partition coefficient (Wildman–Crippen LogP) is 0.901. The molecule has 2 rings (SSSR count). The van der Waals surface area contributed by atoms with E-state index >= 15 is 0 Å². The zero-order valence-corrected chi connectivity index (χ0v) is 12.3. The number of benzene rings is 1. The van der Waals surface area contributed by atoms with E-state index in [-0.39, 0.29) is 24.4 Å². The average Bonchev–Trinajstić information content (AvgIpc) is 2.49. The van der Waals surface area contributed by atoms with Gasteiger partial charge in [0.15, 0.2) is 0 Å². The summed E-state index contributed by atoms with van der Waals surface area (Å²) >= 11 is 0. The van der Waals surface area contributed by atoms with Crippen molar-refractivity contribution in [1.82, 2.24) is 10.6 Å². The lowest BCUT2D eigenvalue weighted by molar-refractivity contribution is -0.134. The summed E-state index contributed by atoms with van der Waals surface area (Å²) in [7, 11) is 1.64. The third-order valence-corrected chi connectivity index (χ3v) is 3.14. The van der Waals surface area contributed by atoms with E-state index in [1.807, 2.05) is 30.3 Å². The maximum atomic E-state index is 11.9. The molecule has 1 heterocycles. The van der Waals surface area contributed by atoms with Crippen LogP contribution < -0.4 is 10.6 Å². The Morgan fingerprint density at radius 1 is 1.50 bits per heavy atom. The van der Waals surface area contributed by atoms with Crippen LogP contribution in [0.3, 0.4) is 0 Å². The number of carbonyl (C=O) groups excluding carboxylic acids is 1. The van der Waals surface area contributed by atoms with E-state index in [1.165, 1.54) is 0 Å². The number of rotatable bonds is 5. The van der Waals surface area contributed by atoms with Crippen molar-refractivity contribution in [1.29, 1.82) is 0 Å². The molecule has 0 bridgehead atoms. The van der Waals surface area contributed by atoms with Crippen LogP contribution in [0.25, 0.3) is 0 Å². The summed E-state index contributed by atoms with van der Waals surface area (Å²) < 4.78 is 10.8. The number of hydrogen-bond donors (Lipinski definition) is 2. The lowest BCUT2D eigenvalue weighted by atomic mass is 10.1. The second kappa shape index (κ2) is 8.92. The fourth-order valence-electron chi connectivity index (χ4n) is 2.05. The Balaban J connectivity index is 0.00000200. The number of halogens is 1. The third kappa shape index (κ3) is 4.76. The van der Waals surface area contributed by atoms with E-state index < -0.39 is 6.10 Å². The molecule has 1 amide bonds. The Morgan fingerprint density at radius 2 is 2.25 bits per heavy atom. The normalized spacial score (nSPS) is 19.8. The van der Waals surface area contributed by atoms with Gasteiger partial charge in [0.2, 0.25) is 0 Å². The maximum absolute atomic E-state index is 11.9. The molecule has 1 fully saturated rings. The molecule has 1 aromatic carbocycles. The minimum Gasteiger partial charge on any atom is -0.375 e. The molecule has 0 radical (unpaired) electrons. The fourth-order valence-corrected chi connectivity index (χ4v) is 2.05. The van der Waals surface area contributed by atoms with Gasteiger partial charge >= 0.3 is 0 Å². The van der Waals surface area contributed by atoms with Crippen molar-refractivity contribution in [2.24, 2.45) is 0 Å². The Kier molecular flexibility index (Phi) is 7.54. The van der Waals surface area contributed by atoms with Gasteiger partial charge in [0.05, 0.1) is 12.7 Å². The highest BCUT2D eigenvalue weighted by Gasteiger charge is 2.22. The van der Waals surface area contributed by atoms with Gasteiger partial charge in [-0.05, 0) is 5.56 Å². The highest BCUT2D eigenvalue weighted by atomic mass is 35.5. The van der Waals surface area contributed by atoms with Gasteiger partial charge in [-0.3, -0.25) is 4.79 Å². The number of carbonyl (C=O) groups is 1. The first-order valence-electron chi connectivity index (χ1n) is 6.49. The number of hydrogen-bond acceptors (Lipinski definition) is 4. The zero-order chi connectivity index (χ0) is 13.5. The molecule has 0 spiro atoms. The van der Waals surface area contributed by atoms with E-state index in [9.17, 15) is 4.79 Å². The Morgan fingerprint density at radius 3 is 2.85 bits per heavy atom. The van der Waals surface area contributed by atoms with E-state index in [0.717, 1.165) is 12.1 Å². The minimum atomic E-state index is -0.401. The molecule has 1 aromatic rings. The van der Waals surface area contributed by atoms with Crippen LogP contribution in [0, 0.1) is 0 Å². The SMILES string of the molecule is COC(CNC(=O)C1CNCCO1)c1ccccc1.Cl. The van der Waals surface area contributed by atoms with Crippen LogP contribution in [0.4, 0.5) is 0 Å². The minimum absolute atomic E-state index is 0.